The number of hydrogen-bond acceptors (Lipinski definition) is 4. The summed E-state index contributed by atoms with van der Waals surface area (Å²) in [6.07, 6.45) is 0.905. The van der Waals surface area contributed by atoms with Gasteiger partial charge in [-0.2, -0.15) is 4.37 Å². The highest BCUT2D eigenvalue weighted by molar-refractivity contribution is 7.09. The fraction of sp³-hybridized carbons (Fsp3) is 0.750. The summed E-state index contributed by atoms with van der Waals surface area (Å²) in [6.45, 7) is 8.39. The molecule has 0 aliphatic heterocycles. The van der Waals surface area contributed by atoms with Crippen LogP contribution in [0.1, 0.15) is 33.5 Å². The van der Waals surface area contributed by atoms with Crippen LogP contribution in [0.4, 0.5) is 5.13 Å². The van der Waals surface area contributed by atoms with E-state index in [1.54, 1.807) is 0 Å². The molecule has 0 saturated heterocycles. The first-order valence-electron chi connectivity index (χ1n) is 4.12. The number of aryl methyl sites for hydroxylation is 1. The van der Waals surface area contributed by atoms with E-state index >= 15 is 0 Å². The number of aromatic nitrogens is 2. The predicted octanol–water partition coefficient (Wildman–Crippen LogP) is 2.31. The molecule has 0 radical (unpaired) electrons. The first-order chi connectivity index (χ1) is 5.51. The molecule has 0 aliphatic carbocycles. The van der Waals surface area contributed by atoms with E-state index in [1.165, 1.54) is 11.5 Å². The molecule has 1 aromatic heterocycles. The molecule has 1 heterocycles. The fourth-order valence-electron chi connectivity index (χ4n) is 0.769. The molecule has 0 atom stereocenters. The van der Waals surface area contributed by atoms with E-state index in [0.717, 1.165) is 17.4 Å². The summed E-state index contributed by atoms with van der Waals surface area (Å²) in [5, 5.41) is 4.20. The Morgan fingerprint density at radius 2 is 2.08 bits per heavy atom. The minimum Gasteiger partial charge on any atom is -0.356 e. The molecule has 0 aromatic carbocycles. The van der Waals surface area contributed by atoms with Gasteiger partial charge in [-0.25, -0.2) is 4.98 Å². The molecule has 0 saturated carbocycles. The molecule has 1 rings (SSSR count). The van der Waals surface area contributed by atoms with Crippen LogP contribution in [0.3, 0.4) is 0 Å². The zero-order chi connectivity index (χ0) is 9.19. The van der Waals surface area contributed by atoms with Gasteiger partial charge in [0.1, 0.15) is 5.82 Å². The Labute approximate surface area is 77.4 Å². The van der Waals surface area contributed by atoms with E-state index in [4.69, 9.17) is 0 Å². The average molecular weight is 185 g/mol. The maximum Gasteiger partial charge on any atom is 0.202 e. The zero-order valence-corrected chi connectivity index (χ0v) is 8.83. The van der Waals surface area contributed by atoms with Crippen LogP contribution < -0.4 is 5.32 Å². The summed E-state index contributed by atoms with van der Waals surface area (Å²) in [4.78, 5) is 4.31. The first kappa shape index (κ1) is 9.45. The largest absolute Gasteiger partial charge is 0.356 e. The predicted molar refractivity (Wildman–Crippen MR) is 52.7 cm³/mol. The summed E-state index contributed by atoms with van der Waals surface area (Å²) in [6, 6.07) is 0. The van der Waals surface area contributed by atoms with Gasteiger partial charge in [-0.05, 0) is 20.8 Å². The summed E-state index contributed by atoms with van der Waals surface area (Å²) in [5.41, 5.74) is 0.0740. The molecule has 12 heavy (non-hydrogen) atoms. The maximum atomic E-state index is 4.31. The Balaban J connectivity index is 2.64. The lowest BCUT2D eigenvalue weighted by Gasteiger charge is -2.18. The Morgan fingerprint density at radius 1 is 1.42 bits per heavy atom. The van der Waals surface area contributed by atoms with E-state index in [0.29, 0.717) is 0 Å². The number of anilines is 1. The van der Waals surface area contributed by atoms with Crippen molar-refractivity contribution in [2.45, 2.75) is 39.7 Å². The quantitative estimate of drug-likeness (QED) is 0.768. The zero-order valence-electron chi connectivity index (χ0n) is 8.01. The minimum atomic E-state index is 0.0740. The molecule has 0 spiro atoms. The van der Waals surface area contributed by atoms with Crippen LogP contribution in [0.25, 0.3) is 0 Å². The molecule has 3 nitrogen and oxygen atoms in total. The SMILES string of the molecule is CCc1nsc(NC(C)(C)C)n1. The van der Waals surface area contributed by atoms with Crippen LogP contribution in [0, 0.1) is 0 Å². The molecule has 0 fully saturated rings. The van der Waals surface area contributed by atoms with Crippen LogP contribution in [-0.2, 0) is 6.42 Å². The van der Waals surface area contributed by atoms with Crippen molar-refractivity contribution in [2.24, 2.45) is 0 Å². The topological polar surface area (TPSA) is 37.8 Å². The second-order valence-electron chi connectivity index (χ2n) is 3.74. The van der Waals surface area contributed by atoms with Gasteiger partial charge in [0.15, 0.2) is 0 Å². The van der Waals surface area contributed by atoms with Crippen LogP contribution in [0.15, 0.2) is 0 Å². The lowest BCUT2D eigenvalue weighted by Crippen LogP contribution is -2.25. The van der Waals surface area contributed by atoms with Gasteiger partial charge in [0.2, 0.25) is 5.13 Å². The van der Waals surface area contributed by atoms with Crippen LogP contribution in [0.2, 0.25) is 0 Å². The molecular weight excluding hydrogens is 170 g/mol. The minimum absolute atomic E-state index is 0.0740. The average Bonchev–Trinajstić information content (AvgIpc) is 2.32. The lowest BCUT2D eigenvalue weighted by molar-refractivity contribution is 0.633. The van der Waals surface area contributed by atoms with Crippen molar-refractivity contribution in [1.82, 2.24) is 9.36 Å². The lowest BCUT2D eigenvalue weighted by atomic mass is 10.1. The van der Waals surface area contributed by atoms with Crippen molar-refractivity contribution >= 4 is 16.7 Å². The van der Waals surface area contributed by atoms with Crippen molar-refractivity contribution in [3.05, 3.63) is 5.82 Å². The summed E-state index contributed by atoms with van der Waals surface area (Å²) in [7, 11) is 0. The van der Waals surface area contributed by atoms with Gasteiger partial charge in [0.05, 0.1) is 0 Å². The van der Waals surface area contributed by atoms with Gasteiger partial charge in [0.25, 0.3) is 0 Å². The van der Waals surface area contributed by atoms with Crippen LogP contribution in [0.5, 0.6) is 0 Å². The third kappa shape index (κ3) is 2.77. The third-order valence-corrected chi connectivity index (χ3v) is 1.93. The number of rotatable bonds is 2. The van der Waals surface area contributed by atoms with Gasteiger partial charge in [-0.3, -0.25) is 0 Å². The van der Waals surface area contributed by atoms with Gasteiger partial charge in [0, 0.05) is 23.5 Å². The number of nitrogens with zero attached hydrogens (tertiary/aromatic N) is 2. The second-order valence-corrected chi connectivity index (χ2v) is 4.50. The second kappa shape index (κ2) is 3.39. The number of nitrogens with one attached hydrogen (secondary N) is 1. The molecule has 4 heteroatoms. The van der Waals surface area contributed by atoms with Gasteiger partial charge in [-0.15, -0.1) is 0 Å². The Bertz CT molecular complexity index is 249. The van der Waals surface area contributed by atoms with Crippen molar-refractivity contribution in [3.8, 4) is 0 Å². The van der Waals surface area contributed by atoms with Crippen molar-refractivity contribution in [3.63, 3.8) is 0 Å². The summed E-state index contributed by atoms with van der Waals surface area (Å²) in [5.74, 6) is 0.923. The maximum absolute atomic E-state index is 4.31. The Kier molecular flexibility index (Phi) is 2.67. The molecule has 0 aliphatic rings. The van der Waals surface area contributed by atoms with Crippen molar-refractivity contribution in [2.75, 3.05) is 5.32 Å². The summed E-state index contributed by atoms with van der Waals surface area (Å²) < 4.78 is 4.19. The van der Waals surface area contributed by atoms with Gasteiger partial charge in [-0.1, -0.05) is 6.92 Å². The van der Waals surface area contributed by atoms with E-state index < -0.39 is 0 Å². The van der Waals surface area contributed by atoms with E-state index in [-0.39, 0.29) is 5.54 Å². The fourth-order valence-corrected chi connectivity index (χ4v) is 1.63. The van der Waals surface area contributed by atoms with Crippen LogP contribution in [-0.4, -0.2) is 14.9 Å². The molecule has 0 unspecified atom stereocenters. The summed E-state index contributed by atoms with van der Waals surface area (Å²) >= 11 is 1.43. The highest BCUT2D eigenvalue weighted by Crippen LogP contribution is 2.16. The Morgan fingerprint density at radius 3 is 2.50 bits per heavy atom. The molecule has 0 amide bonds. The normalized spacial score (nSPS) is 11.7. The molecule has 1 aromatic rings. The molecular formula is C8H15N3S. The number of hydrogen-bond donors (Lipinski definition) is 1. The van der Waals surface area contributed by atoms with Crippen molar-refractivity contribution < 1.29 is 0 Å². The third-order valence-electron chi connectivity index (χ3n) is 1.27. The standard InChI is InChI=1S/C8H15N3S/c1-5-6-9-7(12-11-6)10-8(2,3)4/h5H2,1-4H3,(H,9,10,11). The Hall–Kier alpha value is -0.640. The molecule has 68 valence electrons. The molecule has 0 bridgehead atoms. The van der Waals surface area contributed by atoms with Crippen molar-refractivity contribution in [1.29, 1.82) is 0 Å². The van der Waals surface area contributed by atoms with E-state index in [9.17, 15) is 0 Å². The van der Waals surface area contributed by atoms with E-state index in [2.05, 4.69) is 42.4 Å². The highest BCUT2D eigenvalue weighted by atomic mass is 32.1. The highest BCUT2D eigenvalue weighted by Gasteiger charge is 2.11. The van der Waals surface area contributed by atoms with E-state index in [1.807, 2.05) is 0 Å². The monoisotopic (exact) mass is 185 g/mol. The molecule has 1 N–H and O–H groups in total. The smallest absolute Gasteiger partial charge is 0.202 e. The first-order valence-corrected chi connectivity index (χ1v) is 4.89. The van der Waals surface area contributed by atoms with Gasteiger partial charge < -0.3 is 5.32 Å². The van der Waals surface area contributed by atoms with Crippen LogP contribution >= 0.6 is 11.5 Å². The van der Waals surface area contributed by atoms with Gasteiger partial charge >= 0.3 is 0 Å².